The number of carbonyl (C=O) groups is 1. The van der Waals surface area contributed by atoms with Crippen molar-refractivity contribution in [2.45, 2.75) is 6.54 Å². The third-order valence-electron chi connectivity index (χ3n) is 4.00. The van der Waals surface area contributed by atoms with Gasteiger partial charge in [0.2, 0.25) is 5.91 Å². The molecule has 6 heteroatoms. The highest BCUT2D eigenvalue weighted by Gasteiger charge is 2.06. The molecule has 0 spiro atoms. The topological polar surface area (TPSA) is 63.1 Å². The summed E-state index contributed by atoms with van der Waals surface area (Å²) >= 11 is 0. The molecule has 1 aromatic carbocycles. The Hall–Kier alpha value is -3.25. The lowest BCUT2D eigenvalue weighted by molar-refractivity contribution is -0.111. The van der Waals surface area contributed by atoms with E-state index in [0.717, 1.165) is 28.9 Å². The lowest BCUT2D eigenvalue weighted by Crippen LogP contribution is -2.11. The van der Waals surface area contributed by atoms with Crippen molar-refractivity contribution < 1.29 is 4.79 Å². The van der Waals surface area contributed by atoms with Gasteiger partial charge < -0.3 is 10.2 Å². The van der Waals surface area contributed by atoms with Gasteiger partial charge in [0, 0.05) is 55.1 Å². The van der Waals surface area contributed by atoms with E-state index < -0.39 is 0 Å². The van der Waals surface area contributed by atoms with Crippen LogP contribution in [0.4, 0.5) is 5.69 Å². The van der Waals surface area contributed by atoms with Crippen molar-refractivity contribution in [2.75, 3.05) is 19.4 Å². The third-order valence-corrected chi connectivity index (χ3v) is 4.00. The average molecular weight is 361 g/mol. The summed E-state index contributed by atoms with van der Waals surface area (Å²) in [7, 11) is 5.93. The zero-order chi connectivity index (χ0) is 19.2. The smallest absolute Gasteiger partial charge is 0.248 e. The Balaban J connectivity index is 1.69. The number of hydrogen-bond acceptors (Lipinski definition) is 4. The Morgan fingerprint density at radius 1 is 1.19 bits per heavy atom. The molecule has 0 saturated heterocycles. The second-order valence-corrected chi connectivity index (χ2v) is 6.62. The third kappa shape index (κ3) is 5.12. The molecule has 1 amide bonds. The number of hydrogen-bond donors (Lipinski definition) is 1. The minimum absolute atomic E-state index is 0.184. The van der Waals surface area contributed by atoms with Crippen molar-refractivity contribution in [3.63, 3.8) is 0 Å². The quantitative estimate of drug-likeness (QED) is 0.685. The number of rotatable bonds is 6. The summed E-state index contributed by atoms with van der Waals surface area (Å²) in [5, 5.41) is 7.08. The number of nitrogens with one attached hydrogen (secondary N) is 1. The van der Waals surface area contributed by atoms with E-state index in [1.54, 1.807) is 29.3 Å². The van der Waals surface area contributed by atoms with Gasteiger partial charge in [-0.15, -0.1) is 0 Å². The van der Waals surface area contributed by atoms with Crippen LogP contribution < -0.4 is 5.32 Å². The van der Waals surface area contributed by atoms with Crippen LogP contribution in [-0.4, -0.2) is 39.7 Å². The van der Waals surface area contributed by atoms with Crippen LogP contribution in [0, 0.1) is 0 Å². The Kier molecular flexibility index (Phi) is 5.78. The molecule has 0 atom stereocenters. The van der Waals surface area contributed by atoms with Crippen LogP contribution in [0.1, 0.15) is 11.1 Å². The largest absolute Gasteiger partial charge is 0.323 e. The second kappa shape index (κ2) is 8.42. The van der Waals surface area contributed by atoms with Gasteiger partial charge in [-0.05, 0) is 49.5 Å². The first kappa shape index (κ1) is 18.5. The van der Waals surface area contributed by atoms with Gasteiger partial charge in [0.25, 0.3) is 0 Å². The summed E-state index contributed by atoms with van der Waals surface area (Å²) < 4.78 is 1.75. The van der Waals surface area contributed by atoms with Gasteiger partial charge >= 0.3 is 0 Å². The molecule has 3 rings (SSSR count). The van der Waals surface area contributed by atoms with Gasteiger partial charge in [0.05, 0.1) is 6.20 Å². The summed E-state index contributed by atoms with van der Waals surface area (Å²) in [4.78, 5) is 18.5. The number of carbonyl (C=O) groups excluding carboxylic acids is 1. The Morgan fingerprint density at radius 2 is 1.96 bits per heavy atom. The molecule has 138 valence electrons. The minimum Gasteiger partial charge on any atom is -0.323 e. The molecule has 6 nitrogen and oxygen atoms in total. The zero-order valence-corrected chi connectivity index (χ0v) is 15.8. The minimum atomic E-state index is -0.184. The van der Waals surface area contributed by atoms with Crippen LogP contribution in [0.2, 0.25) is 0 Å². The number of nitrogens with zero attached hydrogens (tertiary/aromatic N) is 4. The van der Waals surface area contributed by atoms with Crippen molar-refractivity contribution in [1.82, 2.24) is 19.7 Å². The number of benzene rings is 1. The monoisotopic (exact) mass is 361 g/mol. The van der Waals surface area contributed by atoms with Crippen LogP contribution in [0.3, 0.4) is 0 Å². The van der Waals surface area contributed by atoms with Crippen LogP contribution in [-0.2, 0) is 18.4 Å². The molecule has 0 aliphatic rings. The first-order chi connectivity index (χ1) is 13.0. The van der Waals surface area contributed by atoms with Crippen LogP contribution >= 0.6 is 0 Å². The van der Waals surface area contributed by atoms with E-state index in [4.69, 9.17) is 0 Å². The first-order valence-corrected chi connectivity index (χ1v) is 8.67. The second-order valence-electron chi connectivity index (χ2n) is 6.62. The standard InChI is InChI=1S/C21H23N5O/c1-25(2)14-16-4-7-19(8-5-16)24-21(27)9-6-17-12-22-11-10-20(17)18-13-23-26(3)15-18/h4-13,15H,14H2,1-3H3,(H,24,27). The number of amides is 1. The molecule has 2 heterocycles. The van der Waals surface area contributed by atoms with E-state index in [-0.39, 0.29) is 5.91 Å². The van der Waals surface area contributed by atoms with E-state index in [1.165, 1.54) is 11.6 Å². The molecular weight excluding hydrogens is 338 g/mol. The molecule has 2 aromatic heterocycles. The average Bonchev–Trinajstić information content (AvgIpc) is 3.08. The van der Waals surface area contributed by atoms with E-state index in [0.29, 0.717) is 0 Å². The Labute approximate surface area is 159 Å². The fraction of sp³-hybridized carbons (Fsp3) is 0.190. The summed E-state index contributed by atoms with van der Waals surface area (Å²) in [5.41, 5.74) is 4.80. The van der Waals surface area contributed by atoms with Gasteiger partial charge in [-0.2, -0.15) is 5.10 Å². The molecule has 0 radical (unpaired) electrons. The number of anilines is 1. The molecule has 0 aliphatic carbocycles. The van der Waals surface area contributed by atoms with Crippen molar-refractivity contribution in [3.8, 4) is 11.1 Å². The summed E-state index contributed by atoms with van der Waals surface area (Å²) in [6.45, 7) is 0.867. The normalized spacial score (nSPS) is 11.3. The molecule has 0 aliphatic heterocycles. The fourth-order valence-corrected chi connectivity index (χ4v) is 2.77. The molecule has 0 bridgehead atoms. The van der Waals surface area contributed by atoms with Crippen LogP contribution in [0.25, 0.3) is 17.2 Å². The highest BCUT2D eigenvalue weighted by Crippen LogP contribution is 2.23. The Bertz CT molecular complexity index is 941. The molecule has 0 saturated carbocycles. The number of pyridine rings is 1. The van der Waals surface area contributed by atoms with Gasteiger partial charge in [-0.25, -0.2) is 0 Å². The maximum Gasteiger partial charge on any atom is 0.248 e. The summed E-state index contributed by atoms with van der Waals surface area (Å²) in [6.07, 6.45) is 10.5. The van der Waals surface area contributed by atoms with Crippen molar-refractivity contribution >= 4 is 17.7 Å². The van der Waals surface area contributed by atoms with Crippen molar-refractivity contribution in [1.29, 1.82) is 0 Å². The van der Waals surface area contributed by atoms with Gasteiger partial charge in [-0.3, -0.25) is 14.5 Å². The maximum atomic E-state index is 12.3. The summed E-state index contributed by atoms with van der Waals surface area (Å²) in [5.74, 6) is -0.184. The maximum absolute atomic E-state index is 12.3. The van der Waals surface area contributed by atoms with E-state index >= 15 is 0 Å². The lowest BCUT2D eigenvalue weighted by atomic mass is 10.0. The van der Waals surface area contributed by atoms with Crippen LogP contribution in [0.5, 0.6) is 0 Å². The van der Waals surface area contributed by atoms with E-state index in [1.807, 2.05) is 57.7 Å². The van der Waals surface area contributed by atoms with Gasteiger partial charge in [0.1, 0.15) is 0 Å². The molecular formula is C21H23N5O. The predicted octanol–water partition coefficient (Wildman–Crippen LogP) is 3.20. The molecule has 27 heavy (non-hydrogen) atoms. The zero-order valence-electron chi connectivity index (χ0n) is 15.8. The first-order valence-electron chi connectivity index (χ1n) is 8.67. The summed E-state index contributed by atoms with van der Waals surface area (Å²) in [6, 6.07) is 9.77. The van der Waals surface area contributed by atoms with Crippen molar-refractivity contribution in [2.24, 2.45) is 7.05 Å². The Morgan fingerprint density at radius 3 is 2.63 bits per heavy atom. The highest BCUT2D eigenvalue weighted by molar-refractivity contribution is 6.02. The lowest BCUT2D eigenvalue weighted by Gasteiger charge is -2.10. The number of aryl methyl sites for hydroxylation is 1. The number of aromatic nitrogens is 3. The van der Waals surface area contributed by atoms with E-state index in [2.05, 4.69) is 20.3 Å². The van der Waals surface area contributed by atoms with Gasteiger partial charge in [0.15, 0.2) is 0 Å². The van der Waals surface area contributed by atoms with Crippen molar-refractivity contribution in [3.05, 3.63) is 72.3 Å². The van der Waals surface area contributed by atoms with E-state index in [9.17, 15) is 4.79 Å². The SMILES string of the molecule is CN(C)Cc1ccc(NC(=O)C=Cc2cnccc2-c2cnn(C)c2)cc1. The fourth-order valence-electron chi connectivity index (χ4n) is 2.77. The van der Waals surface area contributed by atoms with Crippen LogP contribution in [0.15, 0.2) is 61.2 Å². The predicted molar refractivity (Wildman–Crippen MR) is 108 cm³/mol. The molecule has 3 aromatic rings. The van der Waals surface area contributed by atoms with Gasteiger partial charge in [-0.1, -0.05) is 12.1 Å². The highest BCUT2D eigenvalue weighted by atomic mass is 16.1. The molecule has 0 fully saturated rings. The molecule has 0 unspecified atom stereocenters. The molecule has 1 N–H and O–H groups in total.